The Labute approximate surface area is 92.8 Å². The van der Waals surface area contributed by atoms with Gasteiger partial charge in [-0.1, -0.05) is 45.1 Å². The van der Waals surface area contributed by atoms with Crippen molar-refractivity contribution in [2.24, 2.45) is 0 Å². The van der Waals surface area contributed by atoms with Gasteiger partial charge in [-0.15, -0.1) is 12.4 Å². The van der Waals surface area contributed by atoms with E-state index in [2.05, 4.69) is 6.92 Å². The van der Waals surface area contributed by atoms with Crippen molar-refractivity contribution in [3.05, 3.63) is 12.2 Å². The SMILES string of the molecule is CCCCCCCC/C=C/C(=O)O.Cl. The van der Waals surface area contributed by atoms with E-state index in [1.54, 1.807) is 6.08 Å². The zero-order valence-electron chi connectivity index (χ0n) is 8.87. The number of allylic oxidation sites excluding steroid dienone is 1. The van der Waals surface area contributed by atoms with Crippen molar-refractivity contribution < 1.29 is 9.90 Å². The minimum atomic E-state index is -0.842. The molecule has 0 heterocycles. The molecule has 0 saturated heterocycles. The number of carboxylic acids is 1. The quantitative estimate of drug-likeness (QED) is 0.499. The minimum absolute atomic E-state index is 0. The summed E-state index contributed by atoms with van der Waals surface area (Å²) in [6.45, 7) is 2.20. The van der Waals surface area contributed by atoms with E-state index in [1.807, 2.05) is 0 Å². The van der Waals surface area contributed by atoms with E-state index < -0.39 is 5.97 Å². The van der Waals surface area contributed by atoms with E-state index >= 15 is 0 Å². The Kier molecular flexibility index (Phi) is 14.2. The van der Waals surface area contributed by atoms with Crippen LogP contribution in [0.2, 0.25) is 0 Å². The molecule has 84 valence electrons. The maximum atomic E-state index is 10.1. The third-order valence-corrected chi connectivity index (χ3v) is 1.98. The average Bonchev–Trinajstić information content (AvgIpc) is 2.09. The maximum Gasteiger partial charge on any atom is 0.327 e. The van der Waals surface area contributed by atoms with E-state index in [1.165, 1.54) is 38.2 Å². The fourth-order valence-corrected chi connectivity index (χ4v) is 1.23. The summed E-state index contributed by atoms with van der Waals surface area (Å²) in [7, 11) is 0. The molecule has 0 unspecified atom stereocenters. The van der Waals surface area contributed by atoms with Gasteiger partial charge in [-0.05, 0) is 12.8 Å². The van der Waals surface area contributed by atoms with Gasteiger partial charge < -0.3 is 5.11 Å². The summed E-state index contributed by atoms with van der Waals surface area (Å²) in [4.78, 5) is 10.1. The smallest absolute Gasteiger partial charge is 0.327 e. The van der Waals surface area contributed by atoms with Crippen LogP contribution in [0.25, 0.3) is 0 Å². The largest absolute Gasteiger partial charge is 0.478 e. The van der Waals surface area contributed by atoms with Gasteiger partial charge in [0.2, 0.25) is 0 Å². The van der Waals surface area contributed by atoms with Crippen LogP contribution in [0.1, 0.15) is 51.9 Å². The lowest BCUT2D eigenvalue weighted by Gasteiger charge is -1.96. The number of unbranched alkanes of at least 4 members (excludes halogenated alkanes) is 6. The molecule has 0 fully saturated rings. The Hall–Kier alpha value is -0.500. The molecule has 0 aliphatic carbocycles. The molecule has 0 radical (unpaired) electrons. The number of rotatable bonds is 8. The lowest BCUT2D eigenvalue weighted by molar-refractivity contribution is -0.131. The monoisotopic (exact) mass is 220 g/mol. The maximum absolute atomic E-state index is 10.1. The Balaban J connectivity index is 0. The van der Waals surface area contributed by atoms with Crippen molar-refractivity contribution in [3.63, 3.8) is 0 Å². The summed E-state index contributed by atoms with van der Waals surface area (Å²) in [6, 6.07) is 0. The number of hydrogen-bond acceptors (Lipinski definition) is 1. The predicted molar refractivity (Wildman–Crippen MR) is 62.0 cm³/mol. The van der Waals surface area contributed by atoms with E-state index in [9.17, 15) is 4.79 Å². The van der Waals surface area contributed by atoms with Crippen molar-refractivity contribution in [1.82, 2.24) is 0 Å². The van der Waals surface area contributed by atoms with Crippen LogP contribution in [0.4, 0.5) is 0 Å². The van der Waals surface area contributed by atoms with E-state index in [-0.39, 0.29) is 12.4 Å². The van der Waals surface area contributed by atoms with Crippen molar-refractivity contribution in [3.8, 4) is 0 Å². The van der Waals surface area contributed by atoms with Gasteiger partial charge in [-0.2, -0.15) is 0 Å². The molecule has 0 aliphatic heterocycles. The summed E-state index contributed by atoms with van der Waals surface area (Å²) in [6.07, 6.45) is 11.4. The Morgan fingerprint density at radius 2 is 1.71 bits per heavy atom. The van der Waals surface area contributed by atoms with Crippen LogP contribution in [0.15, 0.2) is 12.2 Å². The van der Waals surface area contributed by atoms with Crippen molar-refractivity contribution >= 4 is 18.4 Å². The average molecular weight is 221 g/mol. The molecule has 0 spiro atoms. The Bertz CT molecular complexity index is 155. The Morgan fingerprint density at radius 3 is 2.29 bits per heavy atom. The van der Waals surface area contributed by atoms with E-state index in [0.29, 0.717) is 0 Å². The third kappa shape index (κ3) is 14.0. The molecule has 0 amide bonds. The van der Waals surface area contributed by atoms with Gasteiger partial charge in [0.1, 0.15) is 0 Å². The van der Waals surface area contributed by atoms with Gasteiger partial charge >= 0.3 is 5.97 Å². The first-order valence-corrected chi connectivity index (χ1v) is 5.17. The normalized spacial score (nSPS) is 10.1. The summed E-state index contributed by atoms with van der Waals surface area (Å²) in [5.74, 6) is -0.842. The summed E-state index contributed by atoms with van der Waals surface area (Å²) < 4.78 is 0. The summed E-state index contributed by atoms with van der Waals surface area (Å²) in [5, 5.41) is 8.30. The second kappa shape index (κ2) is 12.5. The third-order valence-electron chi connectivity index (χ3n) is 1.98. The lowest BCUT2D eigenvalue weighted by atomic mass is 10.1. The molecule has 3 heteroatoms. The van der Waals surface area contributed by atoms with Crippen molar-refractivity contribution in [1.29, 1.82) is 0 Å². The predicted octanol–water partition coefficient (Wildman–Crippen LogP) is 3.80. The number of aliphatic carboxylic acids is 1. The van der Waals surface area contributed by atoms with Crippen molar-refractivity contribution in [2.45, 2.75) is 51.9 Å². The van der Waals surface area contributed by atoms with Crippen molar-refractivity contribution in [2.75, 3.05) is 0 Å². The number of carbonyl (C=O) groups is 1. The van der Waals surface area contributed by atoms with Crippen LogP contribution in [0.3, 0.4) is 0 Å². The molecule has 0 aromatic carbocycles. The minimum Gasteiger partial charge on any atom is -0.478 e. The molecule has 0 saturated carbocycles. The molecule has 0 bridgehead atoms. The van der Waals surface area contributed by atoms with Crippen LogP contribution in [0, 0.1) is 0 Å². The zero-order chi connectivity index (χ0) is 9.94. The van der Waals surface area contributed by atoms with Crippen LogP contribution >= 0.6 is 12.4 Å². The molecule has 1 N–H and O–H groups in total. The highest BCUT2D eigenvalue weighted by Crippen LogP contribution is 2.06. The highest BCUT2D eigenvalue weighted by molar-refractivity contribution is 5.85. The van der Waals surface area contributed by atoms with E-state index in [0.717, 1.165) is 12.8 Å². The molecule has 0 aromatic rings. The van der Waals surface area contributed by atoms with Gasteiger partial charge in [0.05, 0.1) is 0 Å². The van der Waals surface area contributed by atoms with Crippen LogP contribution < -0.4 is 0 Å². The fourth-order valence-electron chi connectivity index (χ4n) is 1.23. The van der Waals surface area contributed by atoms with Gasteiger partial charge in [-0.25, -0.2) is 4.79 Å². The highest BCUT2D eigenvalue weighted by Gasteiger charge is 1.89. The Morgan fingerprint density at radius 1 is 1.14 bits per heavy atom. The first kappa shape index (κ1) is 15.9. The first-order chi connectivity index (χ1) is 6.27. The van der Waals surface area contributed by atoms with Gasteiger partial charge in [0, 0.05) is 6.08 Å². The van der Waals surface area contributed by atoms with Crippen LogP contribution in [-0.2, 0) is 4.79 Å². The summed E-state index contributed by atoms with van der Waals surface area (Å²) in [5.41, 5.74) is 0. The number of hydrogen-bond donors (Lipinski definition) is 1. The molecule has 14 heavy (non-hydrogen) atoms. The van der Waals surface area contributed by atoms with E-state index in [4.69, 9.17) is 5.11 Å². The lowest BCUT2D eigenvalue weighted by Crippen LogP contribution is -1.85. The van der Waals surface area contributed by atoms with Crippen LogP contribution in [-0.4, -0.2) is 11.1 Å². The molecule has 0 aromatic heterocycles. The molecule has 0 atom stereocenters. The van der Waals surface area contributed by atoms with Gasteiger partial charge in [0.25, 0.3) is 0 Å². The standard InChI is InChI=1S/C11H20O2.ClH/c1-2-3-4-5-6-7-8-9-10-11(12)13;/h9-10H,2-8H2,1H3,(H,12,13);1H/b10-9+;. The van der Waals surface area contributed by atoms with Gasteiger partial charge in [-0.3, -0.25) is 0 Å². The zero-order valence-corrected chi connectivity index (χ0v) is 9.68. The molecule has 2 nitrogen and oxygen atoms in total. The van der Waals surface area contributed by atoms with Crippen LogP contribution in [0.5, 0.6) is 0 Å². The number of carboxylic acid groups (broad SMARTS) is 1. The molecular weight excluding hydrogens is 200 g/mol. The summed E-state index contributed by atoms with van der Waals surface area (Å²) >= 11 is 0. The van der Waals surface area contributed by atoms with Gasteiger partial charge in [0.15, 0.2) is 0 Å². The molecule has 0 aliphatic rings. The second-order valence-electron chi connectivity index (χ2n) is 3.30. The second-order valence-corrected chi connectivity index (χ2v) is 3.30. The first-order valence-electron chi connectivity index (χ1n) is 5.17. The fraction of sp³-hybridized carbons (Fsp3) is 0.727. The molecule has 0 rings (SSSR count). The molecular formula is C11H21ClO2. The highest BCUT2D eigenvalue weighted by atomic mass is 35.5. The topological polar surface area (TPSA) is 37.3 Å². The number of halogens is 1.